The number of aromatic nitrogens is 8. The molecule has 0 amide bonds. The number of fused-ring (bicyclic) bond motifs is 1. The summed E-state index contributed by atoms with van der Waals surface area (Å²) in [5.74, 6) is 0.398. The first-order valence-electron chi connectivity index (χ1n) is 10.5. The van der Waals surface area contributed by atoms with E-state index in [9.17, 15) is 14.0 Å². The van der Waals surface area contributed by atoms with Crippen LogP contribution in [0.15, 0.2) is 61.2 Å². The fourth-order valence-electron chi connectivity index (χ4n) is 3.58. The highest BCUT2D eigenvalue weighted by atomic mass is 19.3. The zero-order valence-corrected chi connectivity index (χ0v) is 18.3. The van der Waals surface area contributed by atoms with E-state index in [1.165, 1.54) is 35.4 Å². The number of nitriles is 1. The van der Waals surface area contributed by atoms with Crippen LogP contribution in [0.5, 0.6) is 5.88 Å². The van der Waals surface area contributed by atoms with Gasteiger partial charge in [-0.1, -0.05) is 12.1 Å². The molecule has 0 saturated carbocycles. The monoisotopic (exact) mass is 473 g/mol. The third kappa shape index (κ3) is 4.51. The Balaban J connectivity index is 1.49. The summed E-state index contributed by atoms with van der Waals surface area (Å²) in [4.78, 5) is 13.5. The number of rotatable bonds is 7. The number of benzene rings is 1. The van der Waals surface area contributed by atoms with E-state index in [4.69, 9.17) is 4.74 Å². The van der Waals surface area contributed by atoms with Crippen molar-refractivity contribution in [3.05, 3.63) is 72.3 Å². The highest BCUT2D eigenvalue weighted by Gasteiger charge is 2.16. The number of nitrogens with zero attached hydrogens (tertiary/aromatic N) is 9. The quantitative estimate of drug-likeness (QED) is 0.351. The molecule has 1 atom stereocenters. The highest BCUT2D eigenvalue weighted by molar-refractivity contribution is 5.77. The molecule has 10 nitrogen and oxygen atoms in total. The van der Waals surface area contributed by atoms with E-state index in [0.717, 1.165) is 0 Å². The first-order valence-corrected chi connectivity index (χ1v) is 10.5. The molecule has 5 aromatic rings. The van der Waals surface area contributed by atoms with Gasteiger partial charge in [-0.15, -0.1) is 5.10 Å². The van der Waals surface area contributed by atoms with Crippen molar-refractivity contribution in [3.63, 3.8) is 0 Å². The van der Waals surface area contributed by atoms with Crippen molar-refractivity contribution in [2.75, 3.05) is 0 Å². The molecule has 0 N–H and O–H groups in total. The van der Waals surface area contributed by atoms with Crippen LogP contribution in [0.25, 0.3) is 28.2 Å². The van der Waals surface area contributed by atoms with Crippen molar-refractivity contribution in [2.45, 2.75) is 26.0 Å². The maximum absolute atomic E-state index is 13.3. The second-order valence-electron chi connectivity index (χ2n) is 7.66. The van der Waals surface area contributed by atoms with Crippen LogP contribution in [0.2, 0.25) is 0 Å². The Morgan fingerprint density at radius 1 is 1.06 bits per heavy atom. The zero-order valence-electron chi connectivity index (χ0n) is 18.3. The van der Waals surface area contributed by atoms with Crippen LogP contribution in [0, 0.1) is 11.3 Å². The lowest BCUT2D eigenvalue weighted by Crippen LogP contribution is -2.20. The minimum Gasteiger partial charge on any atom is -0.473 e. The average Bonchev–Trinajstić information content (AvgIpc) is 3.53. The molecule has 0 aliphatic carbocycles. The number of hydrogen-bond donors (Lipinski definition) is 0. The van der Waals surface area contributed by atoms with Gasteiger partial charge in [-0.25, -0.2) is 28.4 Å². The summed E-state index contributed by atoms with van der Waals surface area (Å²) >= 11 is 0. The lowest BCUT2D eigenvalue weighted by molar-refractivity contribution is 0.151. The maximum Gasteiger partial charge on any atom is 0.263 e. The molecule has 1 aromatic carbocycles. The topological polar surface area (TPSA) is 120 Å². The second kappa shape index (κ2) is 9.22. The summed E-state index contributed by atoms with van der Waals surface area (Å²) in [7, 11) is 0. The lowest BCUT2D eigenvalue weighted by Gasteiger charge is -2.14. The number of tetrazole rings is 1. The molecule has 5 rings (SSSR count). The summed E-state index contributed by atoms with van der Waals surface area (Å²) in [5, 5.41) is 20.5. The summed E-state index contributed by atoms with van der Waals surface area (Å²) < 4.78 is 35.6. The van der Waals surface area contributed by atoms with Crippen molar-refractivity contribution in [1.82, 2.24) is 39.7 Å². The largest absolute Gasteiger partial charge is 0.473 e. The molecule has 35 heavy (non-hydrogen) atoms. The number of halogens is 2. The number of hydrogen-bond acceptors (Lipinski definition) is 8. The van der Waals surface area contributed by atoms with Gasteiger partial charge in [0, 0.05) is 11.6 Å². The molecule has 0 spiro atoms. The van der Waals surface area contributed by atoms with E-state index >= 15 is 0 Å². The predicted molar refractivity (Wildman–Crippen MR) is 120 cm³/mol. The van der Waals surface area contributed by atoms with Crippen molar-refractivity contribution < 1.29 is 13.5 Å². The molecule has 0 fully saturated rings. The van der Waals surface area contributed by atoms with Crippen LogP contribution in [0.1, 0.15) is 24.5 Å². The van der Waals surface area contributed by atoms with Gasteiger partial charge in [0.2, 0.25) is 5.88 Å². The Bertz CT molecular complexity index is 1530. The van der Waals surface area contributed by atoms with Gasteiger partial charge in [-0.2, -0.15) is 5.26 Å². The van der Waals surface area contributed by atoms with E-state index in [-0.39, 0.29) is 22.9 Å². The van der Waals surface area contributed by atoms with Gasteiger partial charge in [0.25, 0.3) is 6.43 Å². The number of imidazole rings is 1. The Morgan fingerprint density at radius 2 is 1.91 bits per heavy atom. The molecule has 0 radical (unpaired) electrons. The van der Waals surface area contributed by atoms with Gasteiger partial charge >= 0.3 is 0 Å². The van der Waals surface area contributed by atoms with E-state index in [1.54, 1.807) is 35.0 Å². The van der Waals surface area contributed by atoms with Gasteiger partial charge < -0.3 is 4.74 Å². The van der Waals surface area contributed by atoms with E-state index < -0.39 is 6.43 Å². The number of pyridine rings is 2. The van der Waals surface area contributed by atoms with Gasteiger partial charge in [-0.3, -0.25) is 4.57 Å². The summed E-state index contributed by atoms with van der Waals surface area (Å²) in [6.07, 6.45) is 0.0425. The molecule has 0 aliphatic rings. The molecule has 12 heteroatoms. The van der Waals surface area contributed by atoms with Crippen LogP contribution in [-0.2, 0) is 6.54 Å². The van der Waals surface area contributed by atoms with Crippen molar-refractivity contribution >= 4 is 11.2 Å². The zero-order chi connectivity index (χ0) is 24.4. The smallest absolute Gasteiger partial charge is 0.263 e. The highest BCUT2D eigenvalue weighted by Crippen LogP contribution is 2.27. The summed E-state index contributed by atoms with van der Waals surface area (Å²) in [5.41, 5.74) is 2.34. The molecule has 4 aromatic heterocycles. The fourth-order valence-corrected chi connectivity index (χ4v) is 3.58. The normalized spacial score (nSPS) is 12.1. The molecule has 0 aliphatic heterocycles. The summed E-state index contributed by atoms with van der Waals surface area (Å²) in [6.45, 7) is 2.32. The van der Waals surface area contributed by atoms with Gasteiger partial charge in [0.1, 0.15) is 30.3 Å². The molecule has 174 valence electrons. The molecular formula is C23H17F2N9O. The summed E-state index contributed by atoms with van der Waals surface area (Å²) in [6, 6.07) is 14.7. The Morgan fingerprint density at radius 3 is 2.69 bits per heavy atom. The van der Waals surface area contributed by atoms with Crippen LogP contribution < -0.4 is 4.74 Å². The van der Waals surface area contributed by atoms with Crippen LogP contribution in [0.3, 0.4) is 0 Å². The van der Waals surface area contributed by atoms with Crippen molar-refractivity contribution in [2.24, 2.45) is 0 Å². The van der Waals surface area contributed by atoms with Crippen molar-refractivity contribution in [1.29, 1.82) is 5.26 Å². The minimum absolute atomic E-state index is 0.195. The van der Waals surface area contributed by atoms with E-state index in [1.807, 2.05) is 13.0 Å². The molecular weight excluding hydrogens is 456 g/mol. The first-order chi connectivity index (χ1) is 17.0. The van der Waals surface area contributed by atoms with Gasteiger partial charge in [0.05, 0.1) is 29.2 Å². The Hall–Kier alpha value is -4.79. The van der Waals surface area contributed by atoms with Crippen LogP contribution in [-0.4, -0.2) is 45.8 Å². The third-order valence-corrected chi connectivity index (χ3v) is 5.19. The number of alkyl halides is 2. The average molecular weight is 473 g/mol. The third-order valence-electron chi connectivity index (χ3n) is 5.19. The minimum atomic E-state index is -2.67. The molecule has 0 bridgehead atoms. The Labute approximate surface area is 197 Å². The maximum atomic E-state index is 13.3. The standard InChI is InChI=1S/C23H17F2N9O/c1-14(11-33-13-28-31-32-33)35-21-4-2-3-17(29-21)18-7-8-19-23(30-18)34(12-27-19)20-9-15(22(24)25)5-6-16(20)10-26/h2-9,12-14,22H,11H2,1H3/t14-/m0/s1. The van der Waals surface area contributed by atoms with Gasteiger partial charge in [-0.05, 0) is 47.7 Å². The molecule has 0 unspecified atom stereocenters. The van der Waals surface area contributed by atoms with Crippen molar-refractivity contribution in [3.8, 4) is 29.0 Å². The first kappa shape index (κ1) is 22.0. The van der Waals surface area contributed by atoms with E-state index in [0.29, 0.717) is 35.0 Å². The second-order valence-corrected chi connectivity index (χ2v) is 7.66. The predicted octanol–water partition coefficient (Wildman–Crippen LogP) is 3.75. The number of ether oxygens (including phenoxy) is 1. The van der Waals surface area contributed by atoms with E-state index in [2.05, 4.69) is 30.5 Å². The lowest BCUT2D eigenvalue weighted by atomic mass is 10.1. The molecule has 4 heterocycles. The molecule has 0 saturated heterocycles. The van der Waals surface area contributed by atoms with Crippen LogP contribution >= 0.6 is 0 Å². The van der Waals surface area contributed by atoms with Crippen LogP contribution in [0.4, 0.5) is 8.78 Å². The van der Waals surface area contributed by atoms with Gasteiger partial charge in [0.15, 0.2) is 5.65 Å². The Kier molecular flexibility index (Phi) is 5.80. The SMILES string of the molecule is C[C@@H](Cn1cnnn1)Oc1cccc(-c2ccc3ncn(-c4cc(C(F)F)ccc4C#N)c3n2)n1. The fraction of sp³-hybridized carbons (Fsp3) is 0.174.